The van der Waals surface area contributed by atoms with Crippen molar-refractivity contribution in [2.45, 2.75) is 6.54 Å². The predicted octanol–water partition coefficient (Wildman–Crippen LogP) is 0.0180. The zero-order valence-corrected chi connectivity index (χ0v) is 14.0. The van der Waals surface area contributed by atoms with E-state index in [9.17, 15) is 14.9 Å². The second-order valence-corrected chi connectivity index (χ2v) is 5.80. The molecular formula is C14H19N7O4. The van der Waals surface area contributed by atoms with Crippen molar-refractivity contribution in [1.29, 1.82) is 0 Å². The molecule has 0 aliphatic carbocycles. The number of carbonyl (C=O) groups is 1. The molecule has 25 heavy (non-hydrogen) atoms. The number of piperazine rings is 1. The molecule has 0 aromatic carbocycles. The molecule has 1 N–H and O–H groups in total. The standard InChI is InChI=1S/C14H19N7O4/c1-18-8-10(7-15-18)9-19-3-5-20(6-4-19)14(22)11-12(21(23)24)13(25-2)17-16-11/h7-8H,3-6,9H2,1-2H3,(H,16,17). The van der Waals surface area contributed by atoms with Crippen LogP contribution in [-0.2, 0) is 13.6 Å². The summed E-state index contributed by atoms with van der Waals surface area (Å²) >= 11 is 0. The lowest BCUT2D eigenvalue weighted by Crippen LogP contribution is -2.48. The molecule has 0 radical (unpaired) electrons. The molecule has 0 unspecified atom stereocenters. The molecule has 3 heterocycles. The number of H-pyrrole nitrogens is 1. The number of aryl methyl sites for hydroxylation is 1. The van der Waals surface area contributed by atoms with Crippen LogP contribution >= 0.6 is 0 Å². The number of aromatic nitrogens is 4. The predicted molar refractivity (Wildman–Crippen MR) is 86.2 cm³/mol. The number of nitrogens with zero attached hydrogens (tertiary/aromatic N) is 6. The van der Waals surface area contributed by atoms with Crippen molar-refractivity contribution < 1.29 is 14.5 Å². The van der Waals surface area contributed by atoms with Gasteiger partial charge in [0, 0.05) is 51.5 Å². The van der Waals surface area contributed by atoms with Crippen molar-refractivity contribution in [3.63, 3.8) is 0 Å². The summed E-state index contributed by atoms with van der Waals surface area (Å²) < 4.78 is 6.59. The Morgan fingerprint density at radius 1 is 1.40 bits per heavy atom. The van der Waals surface area contributed by atoms with Crippen molar-refractivity contribution in [3.8, 4) is 5.88 Å². The SMILES string of the molecule is COc1n[nH]c(C(=O)N2CCN(Cc3cnn(C)c3)CC2)c1[N+](=O)[O-]. The fourth-order valence-corrected chi connectivity index (χ4v) is 2.86. The number of methoxy groups -OCH3 is 1. The maximum Gasteiger partial charge on any atom is 0.362 e. The van der Waals surface area contributed by atoms with Crippen LogP contribution in [0.5, 0.6) is 5.88 Å². The first-order valence-electron chi connectivity index (χ1n) is 7.75. The molecule has 1 saturated heterocycles. The Morgan fingerprint density at radius 2 is 2.12 bits per heavy atom. The van der Waals surface area contributed by atoms with Gasteiger partial charge in [0.05, 0.1) is 18.2 Å². The molecule has 0 atom stereocenters. The van der Waals surface area contributed by atoms with Crippen molar-refractivity contribution >= 4 is 11.6 Å². The number of amides is 1. The minimum absolute atomic E-state index is 0.150. The van der Waals surface area contributed by atoms with E-state index in [0.717, 1.165) is 12.1 Å². The number of hydrogen-bond acceptors (Lipinski definition) is 7. The monoisotopic (exact) mass is 349 g/mol. The highest BCUT2D eigenvalue weighted by Gasteiger charge is 2.33. The summed E-state index contributed by atoms with van der Waals surface area (Å²) in [4.78, 5) is 26.9. The number of aromatic amines is 1. The average Bonchev–Trinajstić information content (AvgIpc) is 3.21. The minimum Gasteiger partial charge on any atom is -0.475 e. The Kier molecular flexibility index (Phi) is 4.65. The van der Waals surface area contributed by atoms with Gasteiger partial charge in [-0.3, -0.25) is 29.6 Å². The van der Waals surface area contributed by atoms with Crippen LogP contribution in [0.2, 0.25) is 0 Å². The van der Waals surface area contributed by atoms with Gasteiger partial charge in [-0.25, -0.2) is 0 Å². The van der Waals surface area contributed by atoms with Gasteiger partial charge in [0.1, 0.15) is 0 Å². The van der Waals surface area contributed by atoms with Crippen LogP contribution in [0.15, 0.2) is 12.4 Å². The third kappa shape index (κ3) is 3.45. The van der Waals surface area contributed by atoms with E-state index >= 15 is 0 Å². The summed E-state index contributed by atoms with van der Waals surface area (Å²) in [5.74, 6) is -0.632. The van der Waals surface area contributed by atoms with Crippen LogP contribution < -0.4 is 4.74 Å². The molecule has 0 spiro atoms. The lowest BCUT2D eigenvalue weighted by Gasteiger charge is -2.34. The maximum absolute atomic E-state index is 12.6. The lowest BCUT2D eigenvalue weighted by molar-refractivity contribution is -0.386. The van der Waals surface area contributed by atoms with Crippen LogP contribution in [0.4, 0.5) is 5.69 Å². The van der Waals surface area contributed by atoms with Crippen molar-refractivity contribution in [2.24, 2.45) is 7.05 Å². The molecule has 1 aliphatic rings. The Morgan fingerprint density at radius 3 is 2.68 bits per heavy atom. The van der Waals surface area contributed by atoms with Crippen LogP contribution in [0.3, 0.4) is 0 Å². The van der Waals surface area contributed by atoms with Gasteiger partial charge in [-0.15, -0.1) is 5.10 Å². The average molecular weight is 349 g/mol. The van der Waals surface area contributed by atoms with Gasteiger partial charge in [0.15, 0.2) is 0 Å². The quantitative estimate of drug-likeness (QED) is 0.596. The second kappa shape index (κ2) is 6.89. The highest BCUT2D eigenvalue weighted by atomic mass is 16.6. The highest BCUT2D eigenvalue weighted by molar-refractivity contribution is 5.97. The molecule has 0 bridgehead atoms. The molecular weight excluding hydrogens is 330 g/mol. The first-order valence-corrected chi connectivity index (χ1v) is 7.75. The third-order valence-electron chi connectivity index (χ3n) is 4.12. The molecule has 11 nitrogen and oxygen atoms in total. The maximum atomic E-state index is 12.6. The van der Waals surface area contributed by atoms with Crippen molar-refractivity contribution in [1.82, 2.24) is 29.8 Å². The Labute approximate surface area is 143 Å². The van der Waals surface area contributed by atoms with Gasteiger partial charge < -0.3 is 9.64 Å². The molecule has 2 aromatic rings. The molecule has 3 rings (SSSR count). The summed E-state index contributed by atoms with van der Waals surface area (Å²) in [6, 6.07) is 0. The summed E-state index contributed by atoms with van der Waals surface area (Å²) in [6.45, 7) is 3.09. The summed E-state index contributed by atoms with van der Waals surface area (Å²) in [6.07, 6.45) is 3.77. The number of hydrogen-bond donors (Lipinski definition) is 1. The zero-order valence-electron chi connectivity index (χ0n) is 14.0. The second-order valence-electron chi connectivity index (χ2n) is 5.80. The number of rotatable bonds is 5. The number of ether oxygens (including phenoxy) is 1. The van der Waals surface area contributed by atoms with Gasteiger partial charge in [0.2, 0.25) is 5.69 Å². The molecule has 1 aliphatic heterocycles. The molecule has 0 saturated carbocycles. The Hall–Kier alpha value is -2.95. The van der Waals surface area contributed by atoms with Gasteiger partial charge in [0.25, 0.3) is 5.91 Å². The largest absolute Gasteiger partial charge is 0.475 e. The van der Waals surface area contributed by atoms with Crippen LogP contribution in [0.25, 0.3) is 0 Å². The van der Waals surface area contributed by atoms with E-state index in [-0.39, 0.29) is 11.6 Å². The highest BCUT2D eigenvalue weighted by Crippen LogP contribution is 2.28. The first-order chi connectivity index (χ1) is 12.0. The third-order valence-corrected chi connectivity index (χ3v) is 4.12. The van der Waals surface area contributed by atoms with E-state index in [2.05, 4.69) is 20.2 Å². The van der Waals surface area contributed by atoms with Crippen molar-refractivity contribution in [3.05, 3.63) is 33.8 Å². The van der Waals surface area contributed by atoms with E-state index in [1.54, 1.807) is 9.58 Å². The minimum atomic E-state index is -0.659. The van der Waals surface area contributed by atoms with E-state index < -0.39 is 16.5 Å². The van der Waals surface area contributed by atoms with E-state index in [1.165, 1.54) is 7.11 Å². The van der Waals surface area contributed by atoms with Crippen LogP contribution in [-0.4, -0.2) is 73.9 Å². The first kappa shape index (κ1) is 16.9. The Bertz CT molecular complexity index is 776. The molecule has 1 fully saturated rings. The van der Waals surface area contributed by atoms with Gasteiger partial charge in [-0.1, -0.05) is 0 Å². The number of nitrogens with one attached hydrogen (secondary N) is 1. The molecule has 134 valence electrons. The van der Waals surface area contributed by atoms with Gasteiger partial charge in [-0.05, 0) is 0 Å². The van der Waals surface area contributed by atoms with E-state index in [0.29, 0.717) is 26.2 Å². The zero-order chi connectivity index (χ0) is 18.0. The number of nitro groups is 1. The smallest absolute Gasteiger partial charge is 0.362 e. The van der Waals surface area contributed by atoms with Crippen LogP contribution in [0, 0.1) is 10.1 Å². The molecule has 11 heteroatoms. The van der Waals surface area contributed by atoms with Crippen molar-refractivity contribution in [2.75, 3.05) is 33.3 Å². The fourth-order valence-electron chi connectivity index (χ4n) is 2.86. The molecule has 1 amide bonds. The van der Waals surface area contributed by atoms with Gasteiger partial charge in [-0.2, -0.15) is 5.10 Å². The number of carbonyl (C=O) groups excluding carboxylic acids is 1. The van der Waals surface area contributed by atoms with Crippen LogP contribution in [0.1, 0.15) is 16.1 Å². The molecule has 2 aromatic heterocycles. The lowest BCUT2D eigenvalue weighted by atomic mass is 10.2. The summed E-state index contributed by atoms with van der Waals surface area (Å²) in [5.41, 5.74) is 0.532. The fraction of sp³-hybridized carbons (Fsp3) is 0.500. The topological polar surface area (TPSA) is 122 Å². The van der Waals surface area contributed by atoms with Gasteiger partial charge >= 0.3 is 11.6 Å². The normalized spacial score (nSPS) is 15.4. The van der Waals surface area contributed by atoms with E-state index in [4.69, 9.17) is 4.74 Å². The summed E-state index contributed by atoms with van der Waals surface area (Å²) in [7, 11) is 3.14. The Balaban J connectivity index is 1.64. The summed E-state index contributed by atoms with van der Waals surface area (Å²) in [5, 5.41) is 21.4. The van der Waals surface area contributed by atoms with E-state index in [1.807, 2.05) is 19.4 Å².